The van der Waals surface area contributed by atoms with Crippen LogP contribution in [0, 0.1) is 5.92 Å². The molecule has 8 heteroatoms. The second kappa shape index (κ2) is 5.19. The largest absolute Gasteiger partial charge is 0.481 e. The van der Waals surface area contributed by atoms with E-state index in [2.05, 4.69) is 5.10 Å². The monoisotopic (exact) mass is 295 g/mol. The molecule has 1 saturated heterocycles. The SMILES string of the molecule is CC(C)(C)OC(=O)n1cc(N2CC(C(=O)O)CC2=O)cn1. The van der Waals surface area contributed by atoms with E-state index in [-0.39, 0.29) is 18.9 Å². The molecule has 0 spiro atoms. The van der Waals surface area contributed by atoms with Gasteiger partial charge >= 0.3 is 12.1 Å². The molecule has 1 aliphatic heterocycles. The Morgan fingerprint density at radius 2 is 2.10 bits per heavy atom. The van der Waals surface area contributed by atoms with Gasteiger partial charge in [0.15, 0.2) is 0 Å². The lowest BCUT2D eigenvalue weighted by Gasteiger charge is -2.18. The second-order valence-electron chi connectivity index (χ2n) is 5.87. The van der Waals surface area contributed by atoms with Crippen LogP contribution in [0.25, 0.3) is 0 Å². The Morgan fingerprint density at radius 1 is 1.43 bits per heavy atom. The number of hydrogen-bond acceptors (Lipinski definition) is 5. The molecule has 0 radical (unpaired) electrons. The Bertz CT molecular complexity index is 587. The average Bonchev–Trinajstić information content (AvgIpc) is 2.92. The van der Waals surface area contributed by atoms with E-state index in [9.17, 15) is 14.4 Å². The van der Waals surface area contributed by atoms with Gasteiger partial charge in [0.1, 0.15) is 5.60 Å². The van der Waals surface area contributed by atoms with Crippen molar-refractivity contribution in [3.63, 3.8) is 0 Å². The van der Waals surface area contributed by atoms with E-state index in [1.807, 2.05) is 0 Å². The zero-order valence-corrected chi connectivity index (χ0v) is 12.1. The van der Waals surface area contributed by atoms with Gasteiger partial charge in [0, 0.05) is 13.0 Å². The molecule has 1 N–H and O–H groups in total. The number of anilines is 1. The minimum atomic E-state index is -1.01. The fourth-order valence-electron chi connectivity index (χ4n) is 1.98. The maximum Gasteiger partial charge on any atom is 0.435 e. The van der Waals surface area contributed by atoms with Crippen molar-refractivity contribution in [1.29, 1.82) is 0 Å². The van der Waals surface area contributed by atoms with Crippen molar-refractivity contribution in [3.8, 4) is 0 Å². The maximum absolute atomic E-state index is 11.8. The first-order valence-electron chi connectivity index (χ1n) is 6.48. The van der Waals surface area contributed by atoms with Crippen LogP contribution in [0.1, 0.15) is 27.2 Å². The third-order valence-electron chi connectivity index (χ3n) is 2.94. The fraction of sp³-hybridized carbons (Fsp3) is 0.538. The van der Waals surface area contributed by atoms with Gasteiger partial charge in [-0.3, -0.25) is 9.59 Å². The molecule has 2 rings (SSSR count). The van der Waals surface area contributed by atoms with E-state index in [0.717, 1.165) is 4.68 Å². The highest BCUT2D eigenvalue weighted by Gasteiger charge is 2.35. The van der Waals surface area contributed by atoms with Gasteiger partial charge in [-0.1, -0.05) is 0 Å². The second-order valence-corrected chi connectivity index (χ2v) is 5.87. The molecule has 0 aromatic carbocycles. The molecule has 1 amide bonds. The van der Waals surface area contributed by atoms with Gasteiger partial charge < -0.3 is 14.7 Å². The van der Waals surface area contributed by atoms with E-state index in [1.165, 1.54) is 17.3 Å². The van der Waals surface area contributed by atoms with Gasteiger partial charge in [-0.05, 0) is 20.8 Å². The van der Waals surface area contributed by atoms with Gasteiger partial charge in [-0.15, -0.1) is 0 Å². The first kappa shape index (κ1) is 15.0. The Hall–Kier alpha value is -2.38. The normalized spacial score (nSPS) is 18.9. The fourth-order valence-corrected chi connectivity index (χ4v) is 1.98. The summed E-state index contributed by atoms with van der Waals surface area (Å²) in [4.78, 5) is 35.9. The number of hydrogen-bond donors (Lipinski definition) is 1. The van der Waals surface area contributed by atoms with E-state index < -0.39 is 23.6 Å². The van der Waals surface area contributed by atoms with Crippen molar-refractivity contribution in [2.24, 2.45) is 5.92 Å². The van der Waals surface area contributed by atoms with E-state index >= 15 is 0 Å². The molecule has 1 aromatic heterocycles. The predicted octanol–water partition coefficient (Wildman–Crippen LogP) is 1.10. The van der Waals surface area contributed by atoms with Crippen LogP contribution in [0.4, 0.5) is 10.5 Å². The van der Waals surface area contributed by atoms with Crippen LogP contribution in [0.15, 0.2) is 12.4 Å². The summed E-state index contributed by atoms with van der Waals surface area (Å²) in [6, 6.07) is 0. The molecule has 1 aliphatic rings. The Kier molecular flexibility index (Phi) is 3.71. The number of carbonyl (C=O) groups excluding carboxylic acids is 2. The summed E-state index contributed by atoms with van der Waals surface area (Å²) in [6.07, 6.45) is 1.99. The minimum absolute atomic E-state index is 0.0487. The molecular formula is C13H17N3O5. The molecule has 0 saturated carbocycles. The molecule has 1 unspecified atom stereocenters. The molecule has 0 bridgehead atoms. The maximum atomic E-state index is 11.8. The molecular weight excluding hydrogens is 278 g/mol. The summed E-state index contributed by atoms with van der Waals surface area (Å²) in [5.74, 6) is -2.04. The summed E-state index contributed by atoms with van der Waals surface area (Å²) in [5, 5.41) is 12.8. The first-order chi connectivity index (χ1) is 9.67. The van der Waals surface area contributed by atoms with E-state index in [4.69, 9.17) is 9.84 Å². The number of carboxylic acid groups (broad SMARTS) is 1. The quantitative estimate of drug-likeness (QED) is 0.876. The number of carbonyl (C=O) groups is 3. The van der Waals surface area contributed by atoms with E-state index in [0.29, 0.717) is 5.69 Å². The molecule has 114 valence electrons. The van der Waals surface area contributed by atoms with Crippen LogP contribution in [0.3, 0.4) is 0 Å². The number of rotatable bonds is 2. The lowest BCUT2D eigenvalue weighted by atomic mass is 10.1. The van der Waals surface area contributed by atoms with Gasteiger partial charge in [-0.25, -0.2) is 4.79 Å². The van der Waals surface area contributed by atoms with Crippen LogP contribution in [-0.2, 0) is 14.3 Å². The highest BCUT2D eigenvalue weighted by Crippen LogP contribution is 2.25. The number of carboxylic acids is 1. The summed E-state index contributed by atoms with van der Waals surface area (Å²) in [7, 11) is 0. The van der Waals surface area contributed by atoms with Crippen molar-refractivity contribution in [3.05, 3.63) is 12.4 Å². The molecule has 1 aromatic rings. The van der Waals surface area contributed by atoms with E-state index in [1.54, 1.807) is 20.8 Å². The summed E-state index contributed by atoms with van der Waals surface area (Å²) >= 11 is 0. The zero-order valence-electron chi connectivity index (χ0n) is 12.1. The predicted molar refractivity (Wildman–Crippen MR) is 72.0 cm³/mol. The van der Waals surface area contributed by atoms with Crippen molar-refractivity contribution >= 4 is 23.7 Å². The molecule has 1 atom stereocenters. The van der Waals surface area contributed by atoms with Gasteiger partial charge in [0.2, 0.25) is 5.91 Å². The third-order valence-corrected chi connectivity index (χ3v) is 2.94. The smallest absolute Gasteiger partial charge is 0.435 e. The van der Waals surface area contributed by atoms with Crippen molar-refractivity contribution in [2.45, 2.75) is 32.8 Å². The van der Waals surface area contributed by atoms with Crippen LogP contribution in [-0.4, -0.2) is 45.0 Å². The molecule has 1 fully saturated rings. The molecule has 21 heavy (non-hydrogen) atoms. The van der Waals surface area contributed by atoms with Gasteiger partial charge in [0.25, 0.3) is 0 Å². The Morgan fingerprint density at radius 3 is 2.62 bits per heavy atom. The lowest BCUT2D eigenvalue weighted by Crippen LogP contribution is -2.28. The highest BCUT2D eigenvalue weighted by atomic mass is 16.6. The van der Waals surface area contributed by atoms with Crippen molar-refractivity contribution < 1.29 is 24.2 Å². The van der Waals surface area contributed by atoms with Gasteiger partial charge in [-0.2, -0.15) is 9.78 Å². The average molecular weight is 295 g/mol. The number of aliphatic carboxylic acids is 1. The summed E-state index contributed by atoms with van der Waals surface area (Å²) in [6.45, 7) is 5.28. The van der Waals surface area contributed by atoms with Crippen molar-refractivity contribution in [2.75, 3.05) is 11.4 Å². The summed E-state index contributed by atoms with van der Waals surface area (Å²) in [5.41, 5.74) is -0.268. The molecule has 0 aliphatic carbocycles. The van der Waals surface area contributed by atoms with Gasteiger partial charge in [0.05, 0.1) is 24.0 Å². The van der Waals surface area contributed by atoms with Crippen LogP contribution < -0.4 is 4.90 Å². The number of amides is 1. The zero-order chi connectivity index (χ0) is 15.8. The Balaban J connectivity index is 2.12. The van der Waals surface area contributed by atoms with Crippen LogP contribution in [0.5, 0.6) is 0 Å². The number of aromatic nitrogens is 2. The van der Waals surface area contributed by atoms with Crippen molar-refractivity contribution in [1.82, 2.24) is 9.78 Å². The number of nitrogens with zero attached hydrogens (tertiary/aromatic N) is 3. The topological polar surface area (TPSA) is 102 Å². The molecule has 8 nitrogen and oxygen atoms in total. The third kappa shape index (κ3) is 3.39. The first-order valence-corrected chi connectivity index (χ1v) is 6.48. The highest BCUT2D eigenvalue weighted by molar-refractivity contribution is 5.99. The standard InChI is InChI=1S/C13H17N3O5/c1-13(2,3)21-12(20)16-7-9(5-14-16)15-6-8(11(18)19)4-10(15)17/h5,7-8H,4,6H2,1-3H3,(H,18,19). The molecule has 2 heterocycles. The van der Waals surface area contributed by atoms with Crippen LogP contribution in [0.2, 0.25) is 0 Å². The lowest BCUT2D eigenvalue weighted by molar-refractivity contribution is -0.141. The Labute approximate surface area is 121 Å². The minimum Gasteiger partial charge on any atom is -0.481 e. The number of ether oxygens (including phenoxy) is 1. The van der Waals surface area contributed by atoms with Crippen LogP contribution >= 0.6 is 0 Å². The summed E-state index contributed by atoms with van der Waals surface area (Å²) < 4.78 is 6.14.